The van der Waals surface area contributed by atoms with Gasteiger partial charge in [0.1, 0.15) is 5.69 Å². The predicted molar refractivity (Wildman–Crippen MR) is 111 cm³/mol. The van der Waals surface area contributed by atoms with Gasteiger partial charge in [-0.1, -0.05) is 6.07 Å². The van der Waals surface area contributed by atoms with Gasteiger partial charge in [-0.2, -0.15) is 0 Å². The number of pyridine rings is 1. The molecular formula is C20H27N7O3. The maximum Gasteiger partial charge on any atom is 0.269 e. The first-order chi connectivity index (χ1) is 14.4. The van der Waals surface area contributed by atoms with Crippen molar-refractivity contribution in [3.8, 4) is 0 Å². The van der Waals surface area contributed by atoms with E-state index >= 15 is 0 Å². The Morgan fingerprint density at radius 1 is 1.43 bits per heavy atom. The highest BCUT2D eigenvalue weighted by Crippen LogP contribution is 2.43. The highest BCUT2D eigenvalue weighted by Gasteiger charge is 2.33. The number of H-pyrrole nitrogens is 1. The minimum Gasteiger partial charge on any atom is -0.368 e. The van der Waals surface area contributed by atoms with Crippen molar-refractivity contribution in [2.75, 3.05) is 13.2 Å². The van der Waals surface area contributed by atoms with Crippen LogP contribution in [0.15, 0.2) is 29.3 Å². The lowest BCUT2D eigenvalue weighted by atomic mass is 9.91. The molecule has 1 amide bonds. The van der Waals surface area contributed by atoms with E-state index in [4.69, 9.17) is 16.0 Å². The van der Waals surface area contributed by atoms with Gasteiger partial charge < -0.3 is 16.0 Å². The van der Waals surface area contributed by atoms with Crippen molar-refractivity contribution in [1.29, 1.82) is 5.41 Å². The third-order valence-corrected chi connectivity index (χ3v) is 5.02. The molecule has 1 aliphatic carbocycles. The summed E-state index contributed by atoms with van der Waals surface area (Å²) < 4.78 is 0. The van der Waals surface area contributed by atoms with Crippen LogP contribution in [0.3, 0.4) is 0 Å². The van der Waals surface area contributed by atoms with E-state index in [2.05, 4.69) is 25.7 Å². The minimum atomic E-state index is -0.308. The van der Waals surface area contributed by atoms with Crippen molar-refractivity contribution in [3.63, 3.8) is 0 Å². The van der Waals surface area contributed by atoms with Crippen LogP contribution in [0, 0.1) is 18.3 Å². The molecule has 2 aromatic rings. The molecule has 10 nitrogen and oxygen atoms in total. The normalized spacial score (nSPS) is 14.2. The second-order valence-corrected chi connectivity index (χ2v) is 7.41. The molecule has 1 unspecified atom stereocenters. The Morgan fingerprint density at radius 3 is 2.90 bits per heavy atom. The number of aromatic nitrogens is 3. The number of carbonyl (C=O) groups is 1. The number of hydroxylamine groups is 1. The second kappa shape index (κ2) is 9.97. The number of rotatable bonds is 10. The number of hydrogen-bond acceptors (Lipinski definition) is 6. The van der Waals surface area contributed by atoms with E-state index in [9.17, 15) is 9.59 Å². The summed E-state index contributed by atoms with van der Waals surface area (Å²) in [5, 5.41) is 9.68. The Morgan fingerprint density at radius 2 is 2.23 bits per heavy atom. The Hall–Kier alpha value is -3.27. The van der Waals surface area contributed by atoms with Gasteiger partial charge in [0.05, 0.1) is 18.7 Å². The highest BCUT2D eigenvalue weighted by molar-refractivity contribution is 5.78. The maximum atomic E-state index is 12.5. The second-order valence-electron chi connectivity index (χ2n) is 7.41. The molecule has 1 atom stereocenters. The number of nitrogens with zero attached hydrogens (tertiary/aromatic N) is 2. The smallest absolute Gasteiger partial charge is 0.269 e. The lowest BCUT2D eigenvalue weighted by molar-refractivity contribution is -0.120. The fraction of sp³-hybridized carbons (Fsp3) is 0.450. The van der Waals surface area contributed by atoms with Gasteiger partial charge in [-0.05, 0) is 43.2 Å². The van der Waals surface area contributed by atoms with E-state index in [1.54, 1.807) is 13.1 Å². The van der Waals surface area contributed by atoms with Crippen LogP contribution in [0.4, 0.5) is 0 Å². The van der Waals surface area contributed by atoms with E-state index in [-0.39, 0.29) is 42.9 Å². The monoisotopic (exact) mass is 413 g/mol. The molecule has 0 spiro atoms. The lowest BCUT2D eigenvalue weighted by Crippen LogP contribution is -2.35. The molecule has 2 heterocycles. The van der Waals surface area contributed by atoms with Crippen molar-refractivity contribution < 1.29 is 9.63 Å². The molecule has 0 bridgehead atoms. The van der Waals surface area contributed by atoms with Gasteiger partial charge in [0.2, 0.25) is 11.9 Å². The van der Waals surface area contributed by atoms with Gasteiger partial charge >= 0.3 is 0 Å². The van der Waals surface area contributed by atoms with Crippen LogP contribution in [-0.2, 0) is 22.5 Å². The average Bonchev–Trinajstić information content (AvgIpc) is 3.54. The number of nitrogens with two attached hydrogens (primary N) is 1. The van der Waals surface area contributed by atoms with Gasteiger partial charge in [0.25, 0.3) is 5.56 Å². The number of carbonyl (C=O) groups excluding carboxylic acids is 1. The third kappa shape index (κ3) is 6.11. The average molecular weight is 413 g/mol. The molecule has 0 saturated heterocycles. The van der Waals surface area contributed by atoms with Crippen molar-refractivity contribution in [2.45, 2.75) is 38.5 Å². The Kier molecular flexibility index (Phi) is 7.12. The van der Waals surface area contributed by atoms with E-state index < -0.39 is 0 Å². The minimum absolute atomic E-state index is 0.0523. The van der Waals surface area contributed by atoms with Gasteiger partial charge in [0, 0.05) is 31.1 Å². The zero-order valence-electron chi connectivity index (χ0n) is 16.9. The molecule has 3 rings (SSSR count). The molecule has 1 saturated carbocycles. The SMILES string of the molecule is Cc1[nH]c(=O)c(CC(c2cccnc2)C2CC2)nc1CC(=O)NCCONC(=N)N. The predicted octanol–water partition coefficient (Wildman–Crippen LogP) is 0.283. The fourth-order valence-electron chi connectivity index (χ4n) is 3.37. The first kappa shape index (κ1) is 21.4. The summed E-state index contributed by atoms with van der Waals surface area (Å²) in [7, 11) is 0. The number of guanidine groups is 1. The van der Waals surface area contributed by atoms with Crippen LogP contribution in [0.1, 0.15) is 41.4 Å². The molecule has 1 fully saturated rings. The first-order valence-electron chi connectivity index (χ1n) is 9.91. The zero-order valence-corrected chi connectivity index (χ0v) is 16.9. The Labute approximate surface area is 174 Å². The molecule has 30 heavy (non-hydrogen) atoms. The molecular weight excluding hydrogens is 386 g/mol. The quantitative estimate of drug-likeness (QED) is 0.162. The van der Waals surface area contributed by atoms with Gasteiger partial charge in [0.15, 0.2) is 0 Å². The highest BCUT2D eigenvalue weighted by atomic mass is 16.6. The van der Waals surface area contributed by atoms with E-state index in [0.29, 0.717) is 29.4 Å². The molecule has 0 radical (unpaired) electrons. The molecule has 0 aliphatic heterocycles. The van der Waals surface area contributed by atoms with Crippen LogP contribution in [0.2, 0.25) is 0 Å². The van der Waals surface area contributed by atoms with Crippen molar-refractivity contribution in [1.82, 2.24) is 25.7 Å². The fourth-order valence-corrected chi connectivity index (χ4v) is 3.37. The molecule has 6 N–H and O–H groups in total. The summed E-state index contributed by atoms with van der Waals surface area (Å²) in [6, 6.07) is 3.94. The summed E-state index contributed by atoms with van der Waals surface area (Å²) >= 11 is 0. The molecule has 160 valence electrons. The largest absolute Gasteiger partial charge is 0.368 e. The Bertz CT molecular complexity index is 941. The summed E-state index contributed by atoms with van der Waals surface area (Å²) in [6.45, 7) is 2.14. The number of nitrogens with one attached hydrogen (secondary N) is 4. The number of hydrogen-bond donors (Lipinski definition) is 5. The molecule has 0 aromatic carbocycles. The third-order valence-electron chi connectivity index (χ3n) is 5.02. The van der Waals surface area contributed by atoms with E-state index in [0.717, 1.165) is 18.4 Å². The summed E-state index contributed by atoms with van der Waals surface area (Å²) in [5.74, 6) is 0.188. The van der Waals surface area contributed by atoms with E-state index in [1.165, 1.54) is 0 Å². The Balaban J connectivity index is 1.64. The zero-order chi connectivity index (χ0) is 21.5. The number of aryl methyl sites for hydroxylation is 1. The number of amides is 1. The van der Waals surface area contributed by atoms with Gasteiger partial charge in [-0.25, -0.2) is 10.5 Å². The van der Waals surface area contributed by atoms with Gasteiger partial charge in [-0.3, -0.25) is 24.8 Å². The lowest BCUT2D eigenvalue weighted by Gasteiger charge is -2.16. The topological polar surface area (TPSA) is 159 Å². The van der Waals surface area contributed by atoms with E-state index in [1.807, 2.05) is 18.3 Å². The standard InChI is InChI=1S/C20H27N7O3/c1-12-16(10-18(28)24-7-8-30-27-20(21)22)26-17(19(29)25-12)9-15(13-4-5-13)14-3-2-6-23-11-14/h2-3,6,11,13,15H,4-5,7-10H2,1H3,(H,24,28)(H,25,29)(H4,21,22,27). The number of aromatic amines is 1. The van der Waals surface area contributed by atoms with Gasteiger partial charge in [-0.15, -0.1) is 0 Å². The van der Waals surface area contributed by atoms with Crippen LogP contribution < -0.4 is 22.1 Å². The summed E-state index contributed by atoms with van der Waals surface area (Å²) in [4.78, 5) is 41.2. The first-order valence-corrected chi connectivity index (χ1v) is 9.91. The molecule has 10 heteroatoms. The molecule has 2 aromatic heterocycles. The van der Waals surface area contributed by atoms with Crippen LogP contribution in [-0.4, -0.2) is 40.0 Å². The summed E-state index contributed by atoms with van der Waals surface area (Å²) in [6.07, 6.45) is 6.44. The van der Waals surface area contributed by atoms with Crippen LogP contribution >= 0.6 is 0 Å². The maximum absolute atomic E-state index is 12.5. The van der Waals surface area contributed by atoms with Crippen LogP contribution in [0.25, 0.3) is 0 Å². The van der Waals surface area contributed by atoms with Crippen molar-refractivity contribution >= 4 is 11.9 Å². The summed E-state index contributed by atoms with van der Waals surface area (Å²) in [5.41, 5.74) is 9.75. The van der Waals surface area contributed by atoms with Crippen LogP contribution in [0.5, 0.6) is 0 Å². The molecule has 1 aliphatic rings. The van der Waals surface area contributed by atoms with Crippen molar-refractivity contribution in [3.05, 3.63) is 57.5 Å². The van der Waals surface area contributed by atoms with Crippen molar-refractivity contribution in [2.24, 2.45) is 11.7 Å².